The SMILES string of the molecule is NC(c1ccccc1)c1cncn1CCn1ccnc1. The smallest absolute Gasteiger partial charge is 0.0949 e. The quantitative estimate of drug-likeness (QED) is 0.767. The third kappa shape index (κ3) is 2.62. The highest BCUT2D eigenvalue weighted by molar-refractivity contribution is 5.26. The summed E-state index contributed by atoms with van der Waals surface area (Å²) in [5.74, 6) is 0. The van der Waals surface area contributed by atoms with E-state index in [2.05, 4.69) is 14.5 Å². The molecule has 2 N–H and O–H groups in total. The highest BCUT2D eigenvalue weighted by atomic mass is 15.1. The summed E-state index contributed by atoms with van der Waals surface area (Å²) in [5, 5.41) is 0. The van der Waals surface area contributed by atoms with Gasteiger partial charge < -0.3 is 14.9 Å². The normalized spacial score (nSPS) is 12.4. The molecule has 0 radical (unpaired) electrons. The fourth-order valence-corrected chi connectivity index (χ4v) is 2.25. The zero-order chi connectivity index (χ0) is 13.8. The summed E-state index contributed by atoms with van der Waals surface area (Å²) in [5.41, 5.74) is 8.45. The van der Waals surface area contributed by atoms with E-state index in [1.807, 2.05) is 59.9 Å². The van der Waals surface area contributed by atoms with E-state index in [9.17, 15) is 0 Å². The average molecular weight is 267 g/mol. The molecule has 20 heavy (non-hydrogen) atoms. The Bertz CT molecular complexity index is 642. The van der Waals surface area contributed by atoms with Crippen molar-refractivity contribution in [1.29, 1.82) is 0 Å². The topological polar surface area (TPSA) is 61.7 Å². The predicted octanol–water partition coefficient (Wildman–Crippen LogP) is 1.83. The molecular formula is C15H17N5. The number of nitrogens with zero attached hydrogens (tertiary/aromatic N) is 4. The van der Waals surface area contributed by atoms with Crippen molar-refractivity contribution in [3.05, 3.63) is 72.8 Å². The molecular weight excluding hydrogens is 250 g/mol. The zero-order valence-corrected chi connectivity index (χ0v) is 11.1. The van der Waals surface area contributed by atoms with Crippen molar-refractivity contribution in [2.45, 2.75) is 19.1 Å². The lowest BCUT2D eigenvalue weighted by Crippen LogP contribution is -2.17. The molecule has 0 bridgehead atoms. The molecule has 1 unspecified atom stereocenters. The summed E-state index contributed by atoms with van der Waals surface area (Å²) in [7, 11) is 0. The second-order valence-corrected chi connectivity index (χ2v) is 4.70. The molecule has 0 fully saturated rings. The largest absolute Gasteiger partial charge is 0.336 e. The predicted molar refractivity (Wildman–Crippen MR) is 76.9 cm³/mol. The summed E-state index contributed by atoms with van der Waals surface area (Å²) < 4.78 is 4.13. The van der Waals surface area contributed by atoms with Gasteiger partial charge in [-0.2, -0.15) is 0 Å². The first-order chi connectivity index (χ1) is 9.84. The van der Waals surface area contributed by atoms with Gasteiger partial charge in [0.1, 0.15) is 0 Å². The molecule has 0 spiro atoms. The van der Waals surface area contributed by atoms with Crippen molar-refractivity contribution >= 4 is 0 Å². The van der Waals surface area contributed by atoms with Gasteiger partial charge in [0.25, 0.3) is 0 Å². The van der Waals surface area contributed by atoms with Crippen LogP contribution in [-0.4, -0.2) is 19.1 Å². The Morgan fingerprint density at radius 2 is 1.90 bits per heavy atom. The minimum atomic E-state index is -0.151. The van der Waals surface area contributed by atoms with E-state index in [4.69, 9.17) is 5.73 Å². The van der Waals surface area contributed by atoms with Crippen LogP contribution in [0.5, 0.6) is 0 Å². The summed E-state index contributed by atoms with van der Waals surface area (Å²) in [6, 6.07) is 9.92. The number of hydrogen-bond acceptors (Lipinski definition) is 3. The molecule has 5 nitrogen and oxygen atoms in total. The first kappa shape index (κ1) is 12.6. The van der Waals surface area contributed by atoms with Crippen LogP contribution in [0.4, 0.5) is 0 Å². The van der Waals surface area contributed by atoms with Crippen molar-refractivity contribution < 1.29 is 0 Å². The lowest BCUT2D eigenvalue weighted by atomic mass is 10.1. The van der Waals surface area contributed by atoms with Gasteiger partial charge in [-0.1, -0.05) is 30.3 Å². The summed E-state index contributed by atoms with van der Waals surface area (Å²) in [6.45, 7) is 1.68. The summed E-state index contributed by atoms with van der Waals surface area (Å²) in [6.07, 6.45) is 9.21. The van der Waals surface area contributed by atoms with Crippen LogP contribution in [0.1, 0.15) is 17.3 Å². The number of rotatable bonds is 5. The molecule has 3 rings (SSSR count). The fourth-order valence-electron chi connectivity index (χ4n) is 2.25. The second-order valence-electron chi connectivity index (χ2n) is 4.70. The van der Waals surface area contributed by atoms with Gasteiger partial charge in [0.2, 0.25) is 0 Å². The summed E-state index contributed by atoms with van der Waals surface area (Å²) in [4.78, 5) is 8.27. The molecule has 1 aromatic carbocycles. The van der Waals surface area contributed by atoms with Gasteiger partial charge in [-0.05, 0) is 5.56 Å². The Kier molecular flexibility index (Phi) is 3.60. The maximum absolute atomic E-state index is 6.33. The molecule has 3 aromatic rings. The number of imidazole rings is 2. The molecule has 0 saturated carbocycles. The maximum atomic E-state index is 6.33. The van der Waals surface area contributed by atoms with Gasteiger partial charge in [0, 0.05) is 25.5 Å². The van der Waals surface area contributed by atoms with Crippen molar-refractivity contribution in [2.24, 2.45) is 5.73 Å². The number of benzene rings is 1. The lowest BCUT2D eigenvalue weighted by Gasteiger charge is -2.15. The number of nitrogens with two attached hydrogens (primary N) is 1. The van der Waals surface area contributed by atoms with Gasteiger partial charge in [-0.25, -0.2) is 9.97 Å². The standard InChI is InChI=1S/C15H17N5/c16-15(13-4-2-1-3-5-13)14-10-18-12-20(14)9-8-19-7-6-17-11-19/h1-7,10-12,15H,8-9,16H2. The highest BCUT2D eigenvalue weighted by Gasteiger charge is 2.13. The molecule has 0 saturated heterocycles. The van der Waals surface area contributed by atoms with Crippen LogP contribution in [-0.2, 0) is 13.1 Å². The third-order valence-corrected chi connectivity index (χ3v) is 3.38. The maximum Gasteiger partial charge on any atom is 0.0949 e. The van der Waals surface area contributed by atoms with Crippen LogP contribution in [0.2, 0.25) is 0 Å². The first-order valence-corrected chi connectivity index (χ1v) is 6.61. The zero-order valence-electron chi connectivity index (χ0n) is 11.1. The fraction of sp³-hybridized carbons (Fsp3) is 0.200. The minimum Gasteiger partial charge on any atom is -0.336 e. The van der Waals surface area contributed by atoms with Gasteiger partial charge >= 0.3 is 0 Å². The Hall–Kier alpha value is -2.40. The Morgan fingerprint density at radius 3 is 2.65 bits per heavy atom. The molecule has 0 aliphatic rings. The van der Waals surface area contributed by atoms with Crippen LogP contribution in [0, 0.1) is 0 Å². The number of hydrogen-bond donors (Lipinski definition) is 1. The Balaban J connectivity index is 1.76. The first-order valence-electron chi connectivity index (χ1n) is 6.61. The van der Waals surface area contributed by atoms with Crippen molar-refractivity contribution in [1.82, 2.24) is 19.1 Å². The average Bonchev–Trinajstić information content (AvgIpc) is 3.16. The number of aromatic nitrogens is 4. The van der Waals surface area contributed by atoms with Gasteiger partial charge in [0.15, 0.2) is 0 Å². The Labute approximate surface area is 117 Å². The lowest BCUT2D eigenvalue weighted by molar-refractivity contribution is 0.553. The molecule has 2 heterocycles. The van der Waals surface area contributed by atoms with Crippen LogP contribution < -0.4 is 5.73 Å². The molecule has 2 aromatic heterocycles. The molecule has 1 atom stereocenters. The highest BCUT2D eigenvalue weighted by Crippen LogP contribution is 2.18. The monoisotopic (exact) mass is 267 g/mol. The van der Waals surface area contributed by atoms with E-state index in [1.54, 1.807) is 6.20 Å². The second kappa shape index (κ2) is 5.71. The van der Waals surface area contributed by atoms with E-state index >= 15 is 0 Å². The van der Waals surface area contributed by atoms with Gasteiger partial charge in [0.05, 0.1) is 30.6 Å². The van der Waals surface area contributed by atoms with Gasteiger partial charge in [-0.15, -0.1) is 0 Å². The molecule has 0 amide bonds. The summed E-state index contributed by atoms with van der Waals surface area (Å²) >= 11 is 0. The van der Waals surface area contributed by atoms with E-state index in [-0.39, 0.29) is 6.04 Å². The molecule has 0 aliphatic heterocycles. The van der Waals surface area contributed by atoms with E-state index in [0.717, 1.165) is 24.3 Å². The van der Waals surface area contributed by atoms with Crippen molar-refractivity contribution in [3.63, 3.8) is 0 Å². The number of aryl methyl sites for hydroxylation is 2. The molecule has 0 aliphatic carbocycles. The van der Waals surface area contributed by atoms with E-state index in [1.165, 1.54) is 0 Å². The minimum absolute atomic E-state index is 0.151. The molecule has 5 heteroatoms. The Morgan fingerprint density at radius 1 is 1.05 bits per heavy atom. The van der Waals surface area contributed by atoms with Crippen molar-refractivity contribution in [3.8, 4) is 0 Å². The van der Waals surface area contributed by atoms with Gasteiger partial charge in [-0.3, -0.25) is 0 Å². The van der Waals surface area contributed by atoms with E-state index in [0.29, 0.717) is 0 Å². The van der Waals surface area contributed by atoms with Crippen LogP contribution in [0.15, 0.2) is 61.6 Å². The molecule has 102 valence electrons. The van der Waals surface area contributed by atoms with E-state index < -0.39 is 0 Å². The van der Waals surface area contributed by atoms with Crippen LogP contribution in [0.25, 0.3) is 0 Å². The van der Waals surface area contributed by atoms with Crippen LogP contribution in [0.3, 0.4) is 0 Å². The third-order valence-electron chi connectivity index (χ3n) is 3.38. The van der Waals surface area contributed by atoms with Crippen LogP contribution >= 0.6 is 0 Å². The van der Waals surface area contributed by atoms with Crippen molar-refractivity contribution in [2.75, 3.05) is 0 Å².